The van der Waals surface area contributed by atoms with E-state index >= 15 is 0 Å². The molecule has 0 bridgehead atoms. The number of benzene rings is 1. The zero-order valence-electron chi connectivity index (χ0n) is 11.0. The lowest BCUT2D eigenvalue weighted by Gasteiger charge is -2.18. The van der Waals surface area contributed by atoms with Crippen molar-refractivity contribution in [2.24, 2.45) is 0 Å². The minimum absolute atomic E-state index is 0.00491. The van der Waals surface area contributed by atoms with Crippen molar-refractivity contribution in [3.05, 3.63) is 59.1 Å². The first-order valence-corrected chi connectivity index (χ1v) is 6.37. The second-order valence-corrected chi connectivity index (χ2v) is 4.47. The van der Waals surface area contributed by atoms with Crippen molar-refractivity contribution in [2.75, 3.05) is 6.54 Å². The largest absolute Gasteiger partial charge is 0.464 e. The van der Waals surface area contributed by atoms with E-state index in [1.54, 1.807) is 19.1 Å². The maximum absolute atomic E-state index is 13.9. The molecular weight excluding hydrogens is 248 g/mol. The zero-order chi connectivity index (χ0) is 13.8. The Hall–Kier alpha value is -1.68. The minimum Gasteiger partial charge on any atom is -0.464 e. The van der Waals surface area contributed by atoms with Gasteiger partial charge >= 0.3 is 0 Å². The quantitative estimate of drug-likeness (QED) is 0.885. The van der Waals surface area contributed by atoms with E-state index in [2.05, 4.69) is 5.32 Å². The topological polar surface area (TPSA) is 25.2 Å². The van der Waals surface area contributed by atoms with Gasteiger partial charge in [-0.05, 0) is 44.2 Å². The number of hydrogen-bond acceptors (Lipinski definition) is 2. The van der Waals surface area contributed by atoms with Crippen molar-refractivity contribution in [2.45, 2.75) is 26.3 Å². The van der Waals surface area contributed by atoms with E-state index in [0.29, 0.717) is 12.3 Å². The fraction of sp³-hybridized carbons (Fsp3) is 0.333. The van der Waals surface area contributed by atoms with Crippen LogP contribution in [0.2, 0.25) is 0 Å². The van der Waals surface area contributed by atoms with Gasteiger partial charge in [0.15, 0.2) is 0 Å². The van der Waals surface area contributed by atoms with Gasteiger partial charge in [0.25, 0.3) is 0 Å². The zero-order valence-corrected chi connectivity index (χ0v) is 11.0. The van der Waals surface area contributed by atoms with E-state index in [1.165, 1.54) is 18.2 Å². The van der Waals surface area contributed by atoms with Crippen LogP contribution in [-0.4, -0.2) is 6.54 Å². The Morgan fingerprint density at radius 3 is 2.37 bits per heavy atom. The summed E-state index contributed by atoms with van der Waals surface area (Å²) >= 11 is 0. The molecule has 2 rings (SSSR count). The van der Waals surface area contributed by atoms with Crippen LogP contribution >= 0.6 is 0 Å². The molecule has 2 nitrogen and oxygen atoms in total. The molecule has 102 valence electrons. The van der Waals surface area contributed by atoms with Gasteiger partial charge in [0.1, 0.15) is 23.2 Å². The van der Waals surface area contributed by atoms with Crippen LogP contribution in [0.1, 0.15) is 36.5 Å². The third-order valence-electron chi connectivity index (χ3n) is 2.93. The monoisotopic (exact) mass is 265 g/mol. The summed E-state index contributed by atoms with van der Waals surface area (Å²) in [6.45, 7) is 4.45. The number of furan rings is 1. The molecule has 1 atom stereocenters. The highest BCUT2D eigenvalue weighted by atomic mass is 19.1. The Morgan fingerprint density at radius 2 is 1.84 bits per heavy atom. The van der Waals surface area contributed by atoms with Crippen LogP contribution in [0.25, 0.3) is 0 Å². The van der Waals surface area contributed by atoms with Crippen LogP contribution in [0.5, 0.6) is 0 Å². The van der Waals surface area contributed by atoms with Gasteiger partial charge in [-0.1, -0.05) is 13.0 Å². The van der Waals surface area contributed by atoms with E-state index in [-0.39, 0.29) is 5.56 Å². The van der Waals surface area contributed by atoms with Crippen molar-refractivity contribution in [1.29, 1.82) is 0 Å². The van der Waals surface area contributed by atoms with Crippen molar-refractivity contribution < 1.29 is 13.2 Å². The molecule has 2 aromatic rings. The van der Waals surface area contributed by atoms with Crippen molar-refractivity contribution >= 4 is 0 Å². The first-order valence-electron chi connectivity index (χ1n) is 6.37. The summed E-state index contributed by atoms with van der Waals surface area (Å²) in [4.78, 5) is 0. The molecular formula is C15H17F2NO. The van der Waals surface area contributed by atoms with E-state index in [4.69, 9.17) is 4.42 Å². The molecule has 1 aromatic carbocycles. The van der Waals surface area contributed by atoms with Gasteiger partial charge in [-0.3, -0.25) is 0 Å². The van der Waals surface area contributed by atoms with E-state index in [1.807, 2.05) is 6.92 Å². The maximum Gasteiger partial charge on any atom is 0.131 e. The molecule has 0 saturated heterocycles. The number of nitrogens with one attached hydrogen (secondary N) is 1. The van der Waals surface area contributed by atoms with Crippen LogP contribution < -0.4 is 5.32 Å². The lowest BCUT2D eigenvalue weighted by atomic mass is 10.0. The fourth-order valence-electron chi connectivity index (χ4n) is 2.03. The van der Waals surface area contributed by atoms with E-state index in [9.17, 15) is 8.78 Å². The molecule has 0 aliphatic heterocycles. The average molecular weight is 265 g/mol. The molecule has 0 aliphatic carbocycles. The highest BCUT2D eigenvalue weighted by molar-refractivity contribution is 5.30. The average Bonchev–Trinajstić information content (AvgIpc) is 2.79. The van der Waals surface area contributed by atoms with Gasteiger partial charge in [0.2, 0.25) is 0 Å². The van der Waals surface area contributed by atoms with Crippen molar-refractivity contribution in [3.63, 3.8) is 0 Å². The summed E-state index contributed by atoms with van der Waals surface area (Å²) in [7, 11) is 0. The summed E-state index contributed by atoms with van der Waals surface area (Å²) in [5.41, 5.74) is 0.00491. The molecule has 0 saturated carbocycles. The Kier molecular flexibility index (Phi) is 4.32. The second kappa shape index (κ2) is 5.97. The third kappa shape index (κ3) is 3.01. The summed E-state index contributed by atoms with van der Waals surface area (Å²) in [6.07, 6.45) is 0.867. The SMILES string of the molecule is CCCNC(c1ccc(C)o1)c1c(F)cccc1F. The van der Waals surface area contributed by atoms with Crippen LogP contribution in [0.15, 0.2) is 34.7 Å². The normalized spacial score (nSPS) is 12.6. The predicted octanol–water partition coefficient (Wildman–Crippen LogP) is 3.96. The molecule has 19 heavy (non-hydrogen) atoms. The van der Waals surface area contributed by atoms with Crippen molar-refractivity contribution in [3.8, 4) is 0 Å². The Labute approximate surface area is 111 Å². The fourth-order valence-corrected chi connectivity index (χ4v) is 2.03. The molecule has 0 radical (unpaired) electrons. The Bertz CT molecular complexity index is 531. The van der Waals surface area contributed by atoms with Crippen molar-refractivity contribution in [1.82, 2.24) is 5.32 Å². The lowest BCUT2D eigenvalue weighted by molar-refractivity contribution is 0.411. The molecule has 1 unspecified atom stereocenters. The summed E-state index contributed by atoms with van der Waals surface area (Å²) in [5.74, 6) is 0.107. The first kappa shape index (κ1) is 13.7. The van der Waals surface area contributed by atoms with E-state index < -0.39 is 17.7 Å². The summed E-state index contributed by atoms with van der Waals surface area (Å²) in [5, 5.41) is 3.12. The van der Waals surface area contributed by atoms with Gasteiger partial charge in [0.05, 0.1) is 6.04 Å². The molecule has 0 aliphatic rings. The van der Waals surface area contributed by atoms with Crippen LogP contribution in [0, 0.1) is 18.6 Å². The number of rotatable bonds is 5. The highest BCUT2D eigenvalue weighted by Crippen LogP contribution is 2.28. The Balaban J connectivity index is 2.42. The molecule has 0 amide bonds. The van der Waals surface area contributed by atoms with Crippen LogP contribution in [-0.2, 0) is 0 Å². The molecule has 4 heteroatoms. The lowest BCUT2D eigenvalue weighted by Crippen LogP contribution is -2.24. The standard InChI is InChI=1S/C15H17F2NO/c1-3-9-18-15(13-8-7-10(2)19-13)14-11(16)5-4-6-12(14)17/h4-8,15,18H,3,9H2,1-2H3. The molecule has 0 fully saturated rings. The molecule has 1 N–H and O–H groups in total. The highest BCUT2D eigenvalue weighted by Gasteiger charge is 2.23. The predicted molar refractivity (Wildman–Crippen MR) is 69.9 cm³/mol. The van der Waals surface area contributed by atoms with Crippen LogP contribution in [0.4, 0.5) is 8.78 Å². The van der Waals surface area contributed by atoms with Gasteiger partial charge in [-0.15, -0.1) is 0 Å². The number of halogens is 2. The molecule has 0 spiro atoms. The van der Waals surface area contributed by atoms with Gasteiger partial charge < -0.3 is 9.73 Å². The third-order valence-corrected chi connectivity index (χ3v) is 2.93. The molecule has 1 aromatic heterocycles. The van der Waals surface area contributed by atoms with Gasteiger partial charge in [-0.2, -0.15) is 0 Å². The summed E-state index contributed by atoms with van der Waals surface area (Å²) < 4.78 is 33.3. The summed E-state index contributed by atoms with van der Waals surface area (Å²) in [6, 6.07) is 6.81. The first-order chi connectivity index (χ1) is 9.13. The van der Waals surface area contributed by atoms with Crippen LogP contribution in [0.3, 0.4) is 0 Å². The Morgan fingerprint density at radius 1 is 1.16 bits per heavy atom. The van der Waals surface area contributed by atoms with Gasteiger partial charge in [-0.25, -0.2) is 8.78 Å². The number of aryl methyl sites for hydroxylation is 1. The van der Waals surface area contributed by atoms with E-state index in [0.717, 1.165) is 12.2 Å². The maximum atomic E-state index is 13.9. The van der Waals surface area contributed by atoms with Gasteiger partial charge in [0, 0.05) is 5.56 Å². The molecule has 1 heterocycles. The minimum atomic E-state index is -0.602. The second-order valence-electron chi connectivity index (χ2n) is 4.47. The number of hydrogen-bond donors (Lipinski definition) is 1. The smallest absolute Gasteiger partial charge is 0.131 e.